The molecule has 7 heteroatoms. The number of nitrogens with zero attached hydrogens (tertiary/aromatic N) is 1. The molecule has 0 radical (unpaired) electrons. The van der Waals surface area contributed by atoms with Crippen molar-refractivity contribution in [1.29, 1.82) is 0 Å². The minimum atomic E-state index is -0.507. The second kappa shape index (κ2) is 8.05. The fraction of sp³-hybridized carbons (Fsp3) is 0.211. The van der Waals surface area contributed by atoms with Gasteiger partial charge < -0.3 is 15.4 Å². The van der Waals surface area contributed by atoms with Crippen molar-refractivity contribution in [3.05, 3.63) is 54.1 Å². The van der Waals surface area contributed by atoms with Crippen molar-refractivity contribution in [3.8, 4) is 5.75 Å². The van der Waals surface area contributed by atoms with E-state index in [1.54, 1.807) is 19.2 Å². The smallest absolute Gasteiger partial charge is 0.240 e. The van der Waals surface area contributed by atoms with E-state index < -0.39 is 5.25 Å². The summed E-state index contributed by atoms with van der Waals surface area (Å²) in [4.78, 5) is 28.9. The molecule has 1 atom stereocenters. The number of aliphatic imine (C=N–C) groups is 1. The molecule has 26 heavy (non-hydrogen) atoms. The quantitative estimate of drug-likeness (QED) is 0.848. The zero-order valence-electron chi connectivity index (χ0n) is 14.5. The summed E-state index contributed by atoms with van der Waals surface area (Å²) in [7, 11) is 1.57. The highest BCUT2D eigenvalue weighted by molar-refractivity contribution is 8.15. The van der Waals surface area contributed by atoms with Crippen molar-refractivity contribution in [2.24, 2.45) is 4.99 Å². The number of amides is 2. The van der Waals surface area contributed by atoms with E-state index >= 15 is 0 Å². The topological polar surface area (TPSA) is 79.8 Å². The van der Waals surface area contributed by atoms with Gasteiger partial charge in [0.05, 0.1) is 7.11 Å². The summed E-state index contributed by atoms with van der Waals surface area (Å²) in [5, 5.41) is 5.53. The van der Waals surface area contributed by atoms with Gasteiger partial charge in [0.15, 0.2) is 5.17 Å². The number of rotatable bonds is 5. The third-order valence-corrected chi connectivity index (χ3v) is 4.96. The summed E-state index contributed by atoms with van der Waals surface area (Å²) >= 11 is 1.25. The molecule has 1 saturated heterocycles. The number of carbonyl (C=O) groups excluding carboxylic acids is 2. The van der Waals surface area contributed by atoms with E-state index in [1.165, 1.54) is 11.8 Å². The van der Waals surface area contributed by atoms with Gasteiger partial charge in [0.25, 0.3) is 0 Å². The summed E-state index contributed by atoms with van der Waals surface area (Å²) in [6.45, 7) is 1.92. The highest BCUT2D eigenvalue weighted by atomic mass is 32.2. The molecule has 2 aromatic rings. The average molecular weight is 369 g/mol. The third kappa shape index (κ3) is 4.23. The fourth-order valence-corrected chi connectivity index (χ4v) is 3.49. The van der Waals surface area contributed by atoms with Gasteiger partial charge in [-0.25, -0.2) is 4.99 Å². The fourth-order valence-electron chi connectivity index (χ4n) is 2.51. The van der Waals surface area contributed by atoms with E-state index in [9.17, 15) is 9.59 Å². The first-order valence-electron chi connectivity index (χ1n) is 8.11. The SMILES string of the molecule is COc1ccccc1N=C1NC(=O)[C@@H](CC(=O)Nc2ccccc2C)S1. The van der Waals surface area contributed by atoms with E-state index in [0.29, 0.717) is 16.6 Å². The van der Waals surface area contributed by atoms with Gasteiger partial charge in [-0.2, -0.15) is 0 Å². The highest BCUT2D eigenvalue weighted by Crippen LogP contribution is 2.30. The Morgan fingerprint density at radius 1 is 1.23 bits per heavy atom. The van der Waals surface area contributed by atoms with Crippen LogP contribution in [0.1, 0.15) is 12.0 Å². The number of hydrogen-bond donors (Lipinski definition) is 2. The van der Waals surface area contributed by atoms with Crippen molar-refractivity contribution in [1.82, 2.24) is 5.32 Å². The molecular formula is C19H19N3O3S. The predicted octanol–water partition coefficient (Wildman–Crippen LogP) is 3.25. The summed E-state index contributed by atoms with van der Waals surface area (Å²) < 4.78 is 5.26. The number of benzene rings is 2. The van der Waals surface area contributed by atoms with Gasteiger partial charge in [0.2, 0.25) is 11.8 Å². The van der Waals surface area contributed by atoms with E-state index in [0.717, 1.165) is 11.3 Å². The second-order valence-corrected chi connectivity index (χ2v) is 6.94. The van der Waals surface area contributed by atoms with Crippen LogP contribution in [-0.2, 0) is 9.59 Å². The molecule has 134 valence electrons. The van der Waals surface area contributed by atoms with Gasteiger partial charge in [-0.05, 0) is 30.7 Å². The van der Waals surface area contributed by atoms with Crippen LogP contribution in [0.5, 0.6) is 5.75 Å². The lowest BCUT2D eigenvalue weighted by atomic mass is 10.2. The predicted molar refractivity (Wildman–Crippen MR) is 104 cm³/mol. The van der Waals surface area contributed by atoms with Crippen LogP contribution in [0.3, 0.4) is 0 Å². The number of anilines is 1. The standard InChI is InChI=1S/C19H19N3O3S/c1-12-7-3-4-8-13(12)20-17(23)11-16-18(24)22-19(26-16)21-14-9-5-6-10-15(14)25-2/h3-10,16H,11H2,1-2H3,(H,20,23)(H,21,22,24)/t16-/m1/s1. The highest BCUT2D eigenvalue weighted by Gasteiger charge is 2.32. The lowest BCUT2D eigenvalue weighted by molar-refractivity contribution is -0.122. The maximum absolute atomic E-state index is 12.3. The minimum Gasteiger partial charge on any atom is -0.494 e. The summed E-state index contributed by atoms with van der Waals surface area (Å²) in [6.07, 6.45) is 0.0791. The second-order valence-electron chi connectivity index (χ2n) is 5.75. The summed E-state index contributed by atoms with van der Waals surface area (Å²) in [5.41, 5.74) is 2.36. The number of nitrogens with one attached hydrogen (secondary N) is 2. The number of ether oxygens (including phenoxy) is 1. The first-order chi connectivity index (χ1) is 12.6. The molecule has 0 aromatic heterocycles. The van der Waals surface area contributed by atoms with Crippen LogP contribution in [0.4, 0.5) is 11.4 Å². The van der Waals surface area contributed by atoms with Gasteiger partial charge in [0.1, 0.15) is 16.7 Å². The zero-order valence-corrected chi connectivity index (χ0v) is 15.3. The van der Waals surface area contributed by atoms with Crippen LogP contribution >= 0.6 is 11.8 Å². The molecule has 2 aromatic carbocycles. The number of amidine groups is 1. The number of hydrogen-bond acceptors (Lipinski definition) is 5. The van der Waals surface area contributed by atoms with Gasteiger partial charge in [-0.1, -0.05) is 42.1 Å². The number of thioether (sulfide) groups is 1. The van der Waals surface area contributed by atoms with Crippen LogP contribution in [0.25, 0.3) is 0 Å². The Morgan fingerprint density at radius 2 is 1.96 bits per heavy atom. The Morgan fingerprint density at radius 3 is 2.73 bits per heavy atom. The van der Waals surface area contributed by atoms with E-state index in [-0.39, 0.29) is 18.2 Å². The maximum Gasteiger partial charge on any atom is 0.240 e. The lowest BCUT2D eigenvalue weighted by Gasteiger charge is -2.09. The lowest BCUT2D eigenvalue weighted by Crippen LogP contribution is -2.28. The summed E-state index contributed by atoms with van der Waals surface area (Å²) in [5.74, 6) is 0.199. The molecule has 0 unspecified atom stereocenters. The molecule has 1 heterocycles. The Bertz CT molecular complexity index is 867. The monoisotopic (exact) mass is 369 g/mol. The zero-order chi connectivity index (χ0) is 18.5. The average Bonchev–Trinajstić information content (AvgIpc) is 2.96. The Kier molecular flexibility index (Phi) is 5.58. The van der Waals surface area contributed by atoms with Crippen LogP contribution in [0, 0.1) is 6.92 Å². The third-order valence-electron chi connectivity index (χ3n) is 3.87. The van der Waals surface area contributed by atoms with Gasteiger partial charge in [-0.3, -0.25) is 9.59 Å². The molecule has 0 spiro atoms. The molecule has 0 saturated carbocycles. The first-order valence-corrected chi connectivity index (χ1v) is 8.99. The number of para-hydroxylation sites is 3. The van der Waals surface area contributed by atoms with Gasteiger partial charge in [0, 0.05) is 12.1 Å². The molecule has 1 fully saturated rings. The van der Waals surface area contributed by atoms with Crippen molar-refractivity contribution < 1.29 is 14.3 Å². The molecule has 0 bridgehead atoms. The largest absolute Gasteiger partial charge is 0.494 e. The maximum atomic E-state index is 12.3. The molecule has 1 aliphatic heterocycles. The first kappa shape index (κ1) is 18.0. The van der Waals surface area contributed by atoms with Crippen molar-refractivity contribution in [2.45, 2.75) is 18.6 Å². The molecule has 3 rings (SSSR count). The van der Waals surface area contributed by atoms with Crippen LogP contribution in [-0.4, -0.2) is 29.3 Å². The van der Waals surface area contributed by atoms with Crippen molar-refractivity contribution in [3.63, 3.8) is 0 Å². The van der Waals surface area contributed by atoms with Crippen LogP contribution in [0.2, 0.25) is 0 Å². The van der Waals surface area contributed by atoms with E-state index in [2.05, 4.69) is 15.6 Å². The van der Waals surface area contributed by atoms with Crippen LogP contribution < -0.4 is 15.4 Å². The molecule has 6 nitrogen and oxygen atoms in total. The van der Waals surface area contributed by atoms with Crippen molar-refractivity contribution >= 4 is 40.1 Å². The molecule has 0 aliphatic carbocycles. The van der Waals surface area contributed by atoms with E-state index in [1.807, 2.05) is 43.3 Å². The molecule has 2 amide bonds. The minimum absolute atomic E-state index is 0.0791. The molecule has 2 N–H and O–H groups in total. The number of carbonyl (C=O) groups is 2. The van der Waals surface area contributed by atoms with Crippen LogP contribution in [0.15, 0.2) is 53.5 Å². The van der Waals surface area contributed by atoms with E-state index in [4.69, 9.17) is 4.74 Å². The normalized spacial score (nSPS) is 17.8. The summed E-state index contributed by atoms with van der Waals surface area (Å²) in [6, 6.07) is 14.8. The Labute approximate surface area is 156 Å². The van der Waals surface area contributed by atoms with Gasteiger partial charge >= 0.3 is 0 Å². The van der Waals surface area contributed by atoms with Gasteiger partial charge in [-0.15, -0.1) is 0 Å². The number of aryl methyl sites for hydroxylation is 1. The Hall–Kier alpha value is -2.80. The number of methoxy groups -OCH3 is 1. The molecule has 1 aliphatic rings. The Balaban J connectivity index is 1.65. The van der Waals surface area contributed by atoms with Crippen molar-refractivity contribution in [2.75, 3.05) is 12.4 Å². The molecular weight excluding hydrogens is 350 g/mol.